The summed E-state index contributed by atoms with van der Waals surface area (Å²) in [6, 6.07) is 16.3. The van der Waals surface area contributed by atoms with Crippen molar-refractivity contribution in [2.24, 2.45) is 0 Å². The van der Waals surface area contributed by atoms with Crippen LogP contribution < -0.4 is 10.1 Å². The van der Waals surface area contributed by atoms with Crippen molar-refractivity contribution in [2.45, 2.75) is 23.5 Å². The van der Waals surface area contributed by atoms with Gasteiger partial charge in [-0.2, -0.15) is 5.26 Å². The fourth-order valence-corrected chi connectivity index (χ4v) is 3.09. The summed E-state index contributed by atoms with van der Waals surface area (Å²) in [6.45, 7) is 1.77. The highest BCUT2D eigenvalue weighted by Crippen LogP contribution is 2.31. The number of para-hydroxylation sites is 2. The molecule has 0 fully saturated rings. The summed E-state index contributed by atoms with van der Waals surface area (Å²) >= 11 is 1.53. The second-order valence-electron chi connectivity index (χ2n) is 5.28. The number of benzene rings is 2. The highest BCUT2D eigenvalue weighted by molar-refractivity contribution is 8.00. The summed E-state index contributed by atoms with van der Waals surface area (Å²) in [5, 5.41) is 11.7. The molecule has 0 aliphatic rings. The average Bonchev–Trinajstić information content (AvgIpc) is 2.62. The van der Waals surface area contributed by atoms with Crippen molar-refractivity contribution in [2.75, 3.05) is 11.9 Å². The Morgan fingerprint density at radius 3 is 2.76 bits per heavy atom. The lowest BCUT2D eigenvalue weighted by Crippen LogP contribution is -2.21. The van der Waals surface area contributed by atoms with E-state index in [-0.39, 0.29) is 17.8 Å². The molecule has 0 spiro atoms. The van der Waals surface area contributed by atoms with E-state index >= 15 is 0 Å². The molecule has 1 amide bonds. The largest absolute Gasteiger partial charge is 0.483 e. The molecule has 2 aromatic rings. The van der Waals surface area contributed by atoms with Crippen molar-refractivity contribution in [3.05, 3.63) is 54.1 Å². The molecule has 0 radical (unpaired) electrons. The third-order valence-corrected chi connectivity index (χ3v) is 4.45. The molecule has 2 aromatic carbocycles. The van der Waals surface area contributed by atoms with E-state index in [1.165, 1.54) is 11.8 Å². The zero-order valence-corrected chi connectivity index (χ0v) is 14.6. The van der Waals surface area contributed by atoms with Crippen molar-refractivity contribution < 1.29 is 14.3 Å². The molecule has 0 heterocycles. The van der Waals surface area contributed by atoms with Gasteiger partial charge >= 0.3 is 0 Å². The number of thioether (sulfide) groups is 1. The number of hydrogen-bond acceptors (Lipinski definition) is 5. The van der Waals surface area contributed by atoms with Crippen LogP contribution in [0.25, 0.3) is 0 Å². The van der Waals surface area contributed by atoms with Crippen LogP contribution in [0, 0.1) is 11.3 Å². The first-order valence-electron chi connectivity index (χ1n) is 7.73. The summed E-state index contributed by atoms with van der Waals surface area (Å²) in [5.74, 6) is 0.0552. The SMILES string of the molecule is CC(CC#N)Sc1ccccc1NC(=O)COc1ccccc1C=O. The number of anilines is 1. The molecule has 25 heavy (non-hydrogen) atoms. The molecule has 6 heteroatoms. The number of aldehydes is 1. The number of hydrogen-bond donors (Lipinski definition) is 1. The molecular weight excluding hydrogens is 336 g/mol. The molecular formula is C19H18N2O3S. The van der Waals surface area contributed by atoms with Crippen molar-refractivity contribution in [3.8, 4) is 11.8 Å². The first-order valence-corrected chi connectivity index (χ1v) is 8.61. The van der Waals surface area contributed by atoms with Crippen molar-refractivity contribution in [3.63, 3.8) is 0 Å². The number of nitrogens with one attached hydrogen (secondary N) is 1. The van der Waals surface area contributed by atoms with E-state index in [2.05, 4.69) is 11.4 Å². The predicted octanol–water partition coefficient (Wildman–Crippen LogP) is 3.91. The molecule has 1 unspecified atom stereocenters. The van der Waals surface area contributed by atoms with E-state index in [1.807, 2.05) is 25.1 Å². The van der Waals surface area contributed by atoms with Crippen LogP contribution in [0.4, 0.5) is 5.69 Å². The van der Waals surface area contributed by atoms with Gasteiger partial charge in [0.15, 0.2) is 12.9 Å². The Morgan fingerprint density at radius 2 is 2.00 bits per heavy atom. The van der Waals surface area contributed by atoms with E-state index < -0.39 is 0 Å². The van der Waals surface area contributed by atoms with Crippen LogP contribution in [0.1, 0.15) is 23.7 Å². The molecule has 0 aliphatic carbocycles. The maximum Gasteiger partial charge on any atom is 0.262 e. The van der Waals surface area contributed by atoms with Gasteiger partial charge < -0.3 is 10.1 Å². The van der Waals surface area contributed by atoms with Crippen molar-refractivity contribution in [1.29, 1.82) is 5.26 Å². The number of nitriles is 1. The van der Waals surface area contributed by atoms with Crippen LogP contribution in [-0.4, -0.2) is 24.1 Å². The molecule has 128 valence electrons. The van der Waals surface area contributed by atoms with Crippen molar-refractivity contribution >= 4 is 29.6 Å². The summed E-state index contributed by atoms with van der Waals surface area (Å²) in [5.41, 5.74) is 1.08. The Morgan fingerprint density at radius 1 is 1.28 bits per heavy atom. The summed E-state index contributed by atoms with van der Waals surface area (Å²) in [6.07, 6.45) is 1.12. The van der Waals surface area contributed by atoms with Gasteiger partial charge in [0.05, 0.1) is 17.3 Å². The lowest BCUT2D eigenvalue weighted by molar-refractivity contribution is -0.118. The van der Waals surface area contributed by atoms with Crippen LogP contribution in [-0.2, 0) is 4.79 Å². The van der Waals surface area contributed by atoms with Gasteiger partial charge in [-0.15, -0.1) is 11.8 Å². The number of carbonyl (C=O) groups excluding carboxylic acids is 2. The number of rotatable bonds is 8. The minimum Gasteiger partial charge on any atom is -0.483 e. The van der Waals surface area contributed by atoms with Crippen LogP contribution in [0.15, 0.2) is 53.4 Å². The Bertz CT molecular complexity index is 786. The van der Waals surface area contributed by atoms with E-state index in [1.54, 1.807) is 30.3 Å². The summed E-state index contributed by atoms with van der Waals surface area (Å²) in [7, 11) is 0. The average molecular weight is 354 g/mol. The minimum absolute atomic E-state index is 0.124. The maximum absolute atomic E-state index is 12.2. The Hall–Kier alpha value is -2.78. The number of amides is 1. The van der Waals surface area contributed by atoms with E-state index in [9.17, 15) is 9.59 Å². The molecule has 0 saturated heterocycles. The Labute approximate surface area is 151 Å². The fourth-order valence-electron chi connectivity index (χ4n) is 2.10. The number of nitrogens with zero attached hydrogens (tertiary/aromatic N) is 1. The van der Waals surface area contributed by atoms with Gasteiger partial charge in [-0.3, -0.25) is 9.59 Å². The minimum atomic E-state index is -0.318. The molecule has 1 atom stereocenters. The first kappa shape index (κ1) is 18.6. The molecule has 2 rings (SSSR count). The van der Waals surface area contributed by atoms with Crippen LogP contribution >= 0.6 is 11.8 Å². The van der Waals surface area contributed by atoms with Gasteiger partial charge in [-0.25, -0.2) is 0 Å². The monoisotopic (exact) mass is 354 g/mol. The molecule has 0 saturated carbocycles. The summed E-state index contributed by atoms with van der Waals surface area (Å²) in [4.78, 5) is 24.0. The molecule has 0 bridgehead atoms. The number of ether oxygens (including phenoxy) is 1. The second-order valence-corrected chi connectivity index (χ2v) is 6.76. The Balaban J connectivity index is 1.99. The highest BCUT2D eigenvalue weighted by Gasteiger charge is 2.11. The van der Waals surface area contributed by atoms with Gasteiger partial charge in [-0.1, -0.05) is 31.2 Å². The molecule has 1 N–H and O–H groups in total. The van der Waals surface area contributed by atoms with E-state index in [0.29, 0.717) is 29.7 Å². The van der Waals surface area contributed by atoms with Gasteiger partial charge in [0, 0.05) is 16.6 Å². The molecule has 0 aromatic heterocycles. The normalized spacial score (nSPS) is 11.2. The van der Waals surface area contributed by atoms with Gasteiger partial charge in [0.25, 0.3) is 5.91 Å². The standard InChI is InChI=1S/C19H18N2O3S/c1-14(10-11-20)25-18-9-5-3-7-16(18)21-19(23)13-24-17-8-4-2-6-15(17)12-22/h2-9,12,14H,10,13H2,1H3,(H,21,23). The zero-order chi connectivity index (χ0) is 18.1. The Kier molecular flexibility index (Phi) is 7.05. The lowest BCUT2D eigenvalue weighted by atomic mass is 10.2. The van der Waals surface area contributed by atoms with E-state index in [0.717, 1.165) is 4.90 Å². The first-order chi connectivity index (χ1) is 12.1. The zero-order valence-electron chi connectivity index (χ0n) is 13.8. The number of carbonyl (C=O) groups is 2. The van der Waals surface area contributed by atoms with Crippen LogP contribution in [0.2, 0.25) is 0 Å². The topological polar surface area (TPSA) is 79.2 Å². The fraction of sp³-hybridized carbons (Fsp3) is 0.211. The third-order valence-electron chi connectivity index (χ3n) is 3.27. The van der Waals surface area contributed by atoms with Crippen LogP contribution in [0.5, 0.6) is 5.75 Å². The molecule has 0 aliphatic heterocycles. The van der Waals surface area contributed by atoms with E-state index in [4.69, 9.17) is 10.00 Å². The quantitative estimate of drug-likeness (QED) is 0.574. The smallest absolute Gasteiger partial charge is 0.262 e. The second kappa shape index (κ2) is 9.50. The lowest BCUT2D eigenvalue weighted by Gasteiger charge is -2.14. The maximum atomic E-state index is 12.2. The predicted molar refractivity (Wildman–Crippen MR) is 97.9 cm³/mol. The highest BCUT2D eigenvalue weighted by atomic mass is 32.2. The van der Waals surface area contributed by atoms with Gasteiger partial charge in [-0.05, 0) is 24.3 Å². The van der Waals surface area contributed by atoms with Crippen LogP contribution in [0.3, 0.4) is 0 Å². The third kappa shape index (κ3) is 5.66. The van der Waals surface area contributed by atoms with Gasteiger partial charge in [0.1, 0.15) is 5.75 Å². The van der Waals surface area contributed by atoms with Crippen molar-refractivity contribution in [1.82, 2.24) is 0 Å². The summed E-state index contributed by atoms with van der Waals surface area (Å²) < 4.78 is 5.43. The molecule has 5 nitrogen and oxygen atoms in total. The van der Waals surface area contributed by atoms with Gasteiger partial charge in [0.2, 0.25) is 0 Å².